The molecular weight excluding hydrogens is 262 g/mol. The number of hydrogen-bond donors (Lipinski definition) is 0. The summed E-state index contributed by atoms with van der Waals surface area (Å²) in [6.45, 7) is 2.50. The fourth-order valence-electron chi connectivity index (χ4n) is 2.26. The Hall–Kier alpha value is -1.53. The third-order valence-corrected chi connectivity index (χ3v) is 4.26. The Balaban J connectivity index is 1.60. The lowest BCUT2D eigenvalue weighted by molar-refractivity contribution is -0.112. The van der Waals surface area contributed by atoms with E-state index in [2.05, 4.69) is 15.0 Å². The van der Waals surface area contributed by atoms with Crippen LogP contribution in [-0.2, 0) is 11.3 Å². The van der Waals surface area contributed by atoms with Gasteiger partial charge in [-0.3, -0.25) is 4.90 Å². The first-order valence-corrected chi connectivity index (χ1v) is 7.27. The summed E-state index contributed by atoms with van der Waals surface area (Å²) >= 11 is 1.60. The van der Waals surface area contributed by atoms with Gasteiger partial charge in [0.25, 0.3) is 0 Å². The van der Waals surface area contributed by atoms with Crippen LogP contribution in [0.3, 0.4) is 0 Å². The summed E-state index contributed by atoms with van der Waals surface area (Å²) in [7, 11) is 0. The lowest BCUT2D eigenvalue weighted by Crippen LogP contribution is -2.33. The van der Waals surface area contributed by atoms with E-state index in [0.717, 1.165) is 37.1 Å². The number of aromatic nitrogens is 2. The maximum Gasteiger partial charge on any atom is 0.241 e. The van der Waals surface area contributed by atoms with E-state index < -0.39 is 0 Å². The van der Waals surface area contributed by atoms with Crippen LogP contribution in [0.4, 0.5) is 0 Å². The van der Waals surface area contributed by atoms with Crippen molar-refractivity contribution in [2.45, 2.75) is 19.4 Å². The molecule has 0 bridgehead atoms. The molecule has 100 valence electrons. The molecular formula is C13H15N3O2S. The third-order valence-electron chi connectivity index (χ3n) is 3.39. The van der Waals surface area contributed by atoms with E-state index in [1.165, 1.54) is 0 Å². The number of aldehydes is 1. The zero-order valence-corrected chi connectivity index (χ0v) is 11.3. The molecule has 0 spiro atoms. The topological polar surface area (TPSA) is 59.2 Å². The van der Waals surface area contributed by atoms with E-state index in [9.17, 15) is 4.79 Å². The van der Waals surface area contributed by atoms with Crippen molar-refractivity contribution >= 4 is 17.6 Å². The van der Waals surface area contributed by atoms with Gasteiger partial charge < -0.3 is 9.32 Å². The molecule has 1 saturated heterocycles. The number of nitrogens with zero attached hydrogens (tertiary/aromatic N) is 3. The Morgan fingerprint density at radius 1 is 1.47 bits per heavy atom. The first-order chi connectivity index (χ1) is 9.35. The second-order valence-corrected chi connectivity index (χ2v) is 5.69. The van der Waals surface area contributed by atoms with Gasteiger partial charge in [-0.25, -0.2) is 0 Å². The Kier molecular flexibility index (Phi) is 3.70. The molecule has 0 atom stereocenters. The van der Waals surface area contributed by atoms with Crippen molar-refractivity contribution in [1.29, 1.82) is 0 Å². The number of carbonyl (C=O) groups is 1. The number of thiophene rings is 1. The van der Waals surface area contributed by atoms with Crippen molar-refractivity contribution in [3.05, 3.63) is 23.4 Å². The maximum atomic E-state index is 10.7. The number of hydrogen-bond acceptors (Lipinski definition) is 6. The molecule has 0 N–H and O–H groups in total. The molecule has 0 radical (unpaired) electrons. The smallest absolute Gasteiger partial charge is 0.241 e. The van der Waals surface area contributed by atoms with E-state index in [0.29, 0.717) is 18.3 Å². The van der Waals surface area contributed by atoms with Crippen molar-refractivity contribution in [2.75, 3.05) is 13.1 Å². The molecule has 2 aromatic rings. The van der Waals surface area contributed by atoms with E-state index in [1.807, 2.05) is 17.5 Å². The highest BCUT2D eigenvalue weighted by atomic mass is 32.1. The summed E-state index contributed by atoms with van der Waals surface area (Å²) < 4.78 is 5.28. The predicted octanol–water partition coefficient (Wildman–Crippen LogP) is 2.21. The van der Waals surface area contributed by atoms with Gasteiger partial charge in [0.2, 0.25) is 11.7 Å². The average molecular weight is 277 g/mol. The molecule has 3 rings (SSSR count). The molecule has 0 saturated carbocycles. The maximum absolute atomic E-state index is 10.7. The van der Waals surface area contributed by atoms with E-state index in [1.54, 1.807) is 11.3 Å². The fraction of sp³-hybridized carbons (Fsp3) is 0.462. The van der Waals surface area contributed by atoms with Crippen LogP contribution in [0, 0.1) is 5.92 Å². The molecule has 0 unspecified atom stereocenters. The van der Waals surface area contributed by atoms with Gasteiger partial charge in [0.15, 0.2) is 0 Å². The second kappa shape index (κ2) is 5.63. The molecule has 1 aliphatic rings. The average Bonchev–Trinajstić information content (AvgIpc) is 3.10. The Labute approximate surface area is 115 Å². The van der Waals surface area contributed by atoms with Crippen molar-refractivity contribution in [3.63, 3.8) is 0 Å². The highest BCUT2D eigenvalue weighted by Gasteiger charge is 2.20. The minimum absolute atomic E-state index is 0.223. The number of likely N-dealkylation sites (tertiary alicyclic amines) is 1. The van der Waals surface area contributed by atoms with Crippen LogP contribution in [0.15, 0.2) is 22.0 Å². The highest BCUT2D eigenvalue weighted by molar-refractivity contribution is 7.13. The molecule has 6 heteroatoms. The van der Waals surface area contributed by atoms with Gasteiger partial charge in [-0.1, -0.05) is 11.2 Å². The summed E-state index contributed by atoms with van der Waals surface area (Å²) in [4.78, 5) is 18.4. The molecule has 2 aromatic heterocycles. The quantitative estimate of drug-likeness (QED) is 0.802. The molecule has 1 aliphatic heterocycles. The number of rotatable bonds is 4. The predicted molar refractivity (Wildman–Crippen MR) is 71.7 cm³/mol. The van der Waals surface area contributed by atoms with E-state index >= 15 is 0 Å². The van der Waals surface area contributed by atoms with Gasteiger partial charge in [0.1, 0.15) is 6.29 Å². The Bertz CT molecular complexity index is 530. The Morgan fingerprint density at radius 3 is 3.00 bits per heavy atom. The Morgan fingerprint density at radius 2 is 2.32 bits per heavy atom. The van der Waals surface area contributed by atoms with Crippen molar-refractivity contribution in [3.8, 4) is 10.7 Å². The van der Waals surface area contributed by atoms with Crippen LogP contribution in [0.5, 0.6) is 0 Å². The van der Waals surface area contributed by atoms with Crippen LogP contribution in [0.1, 0.15) is 18.7 Å². The molecule has 0 aliphatic carbocycles. The van der Waals surface area contributed by atoms with Gasteiger partial charge in [-0.2, -0.15) is 4.98 Å². The first-order valence-electron chi connectivity index (χ1n) is 6.39. The minimum Gasteiger partial charge on any atom is -0.338 e. The summed E-state index contributed by atoms with van der Waals surface area (Å²) in [6.07, 6.45) is 2.92. The largest absolute Gasteiger partial charge is 0.338 e. The van der Waals surface area contributed by atoms with Gasteiger partial charge >= 0.3 is 0 Å². The molecule has 0 amide bonds. The zero-order chi connectivity index (χ0) is 13.1. The summed E-state index contributed by atoms with van der Waals surface area (Å²) in [6, 6.07) is 3.95. The second-order valence-electron chi connectivity index (χ2n) is 4.74. The van der Waals surface area contributed by atoms with Gasteiger partial charge in [0, 0.05) is 5.92 Å². The fourth-order valence-corrected chi connectivity index (χ4v) is 2.91. The first kappa shape index (κ1) is 12.5. The van der Waals surface area contributed by atoms with Crippen LogP contribution < -0.4 is 0 Å². The number of carbonyl (C=O) groups excluding carboxylic acids is 1. The highest BCUT2D eigenvalue weighted by Crippen LogP contribution is 2.22. The monoisotopic (exact) mass is 277 g/mol. The summed E-state index contributed by atoms with van der Waals surface area (Å²) in [5, 5.41) is 5.99. The number of piperidine rings is 1. The molecule has 0 aromatic carbocycles. The summed E-state index contributed by atoms with van der Waals surface area (Å²) in [5.74, 6) is 1.53. The minimum atomic E-state index is 0.223. The van der Waals surface area contributed by atoms with Gasteiger partial charge in [0.05, 0.1) is 11.4 Å². The van der Waals surface area contributed by atoms with E-state index in [4.69, 9.17) is 4.52 Å². The lowest BCUT2D eigenvalue weighted by Gasteiger charge is -2.27. The third kappa shape index (κ3) is 2.90. The molecule has 1 fully saturated rings. The van der Waals surface area contributed by atoms with Crippen LogP contribution in [-0.4, -0.2) is 34.4 Å². The van der Waals surface area contributed by atoms with E-state index in [-0.39, 0.29) is 5.92 Å². The molecule has 19 heavy (non-hydrogen) atoms. The van der Waals surface area contributed by atoms with Gasteiger partial charge in [-0.05, 0) is 37.4 Å². The van der Waals surface area contributed by atoms with Crippen LogP contribution >= 0.6 is 11.3 Å². The summed E-state index contributed by atoms with van der Waals surface area (Å²) in [5.41, 5.74) is 0. The normalized spacial score (nSPS) is 17.7. The lowest BCUT2D eigenvalue weighted by atomic mass is 9.99. The molecule has 5 nitrogen and oxygen atoms in total. The molecule has 3 heterocycles. The standard InChI is InChI=1S/C13H15N3O2S/c17-9-10-3-5-16(6-4-10)8-12-14-13(15-18-12)11-2-1-7-19-11/h1-2,7,9-10H,3-6,8H2. The van der Waals surface area contributed by atoms with Crippen molar-refractivity contribution in [2.24, 2.45) is 5.92 Å². The van der Waals surface area contributed by atoms with Crippen molar-refractivity contribution < 1.29 is 9.32 Å². The zero-order valence-electron chi connectivity index (χ0n) is 10.5. The SMILES string of the molecule is O=CC1CCN(Cc2nc(-c3cccs3)no2)CC1. The van der Waals surface area contributed by atoms with Crippen molar-refractivity contribution in [1.82, 2.24) is 15.0 Å². The van der Waals surface area contributed by atoms with Crippen LogP contribution in [0.2, 0.25) is 0 Å². The van der Waals surface area contributed by atoms with Crippen LogP contribution in [0.25, 0.3) is 10.7 Å². The van der Waals surface area contributed by atoms with Gasteiger partial charge in [-0.15, -0.1) is 11.3 Å².